The van der Waals surface area contributed by atoms with Crippen LogP contribution in [0.1, 0.15) is 65.2 Å². The van der Waals surface area contributed by atoms with Crippen molar-refractivity contribution in [1.29, 1.82) is 0 Å². The highest BCUT2D eigenvalue weighted by Gasteiger charge is 2.28. The topological polar surface area (TPSA) is 42.2 Å². The molecule has 4 nitrogen and oxygen atoms in total. The Morgan fingerprint density at radius 2 is 2.11 bits per heavy atom. The van der Waals surface area contributed by atoms with Gasteiger partial charge < -0.3 is 4.52 Å². The predicted octanol–water partition coefficient (Wildman–Crippen LogP) is 3.16. The van der Waals surface area contributed by atoms with Crippen LogP contribution >= 0.6 is 0 Å². The van der Waals surface area contributed by atoms with Crippen molar-refractivity contribution >= 4 is 0 Å². The van der Waals surface area contributed by atoms with Crippen LogP contribution in [-0.2, 0) is 5.41 Å². The second-order valence-corrected chi connectivity index (χ2v) is 6.62. The van der Waals surface area contributed by atoms with Crippen LogP contribution in [-0.4, -0.2) is 28.1 Å². The Balaban J connectivity index is 2.09. The Morgan fingerprint density at radius 3 is 2.67 bits per heavy atom. The molecular formula is C14H25N3O. The van der Waals surface area contributed by atoms with Gasteiger partial charge in [0.25, 0.3) is 0 Å². The average molecular weight is 251 g/mol. The molecule has 2 heterocycles. The third-order valence-electron chi connectivity index (χ3n) is 3.71. The van der Waals surface area contributed by atoms with Crippen molar-refractivity contribution in [3.8, 4) is 0 Å². The van der Waals surface area contributed by atoms with Crippen LogP contribution in [0, 0.1) is 5.92 Å². The third kappa shape index (κ3) is 2.91. The van der Waals surface area contributed by atoms with Gasteiger partial charge >= 0.3 is 0 Å². The number of likely N-dealkylation sites (tertiary alicyclic amines) is 1. The molecule has 0 aliphatic carbocycles. The van der Waals surface area contributed by atoms with Gasteiger partial charge in [-0.15, -0.1) is 0 Å². The van der Waals surface area contributed by atoms with E-state index in [2.05, 4.69) is 49.7 Å². The van der Waals surface area contributed by atoms with E-state index >= 15 is 0 Å². The van der Waals surface area contributed by atoms with Crippen LogP contribution in [0.5, 0.6) is 0 Å². The summed E-state index contributed by atoms with van der Waals surface area (Å²) in [7, 11) is 0. The van der Waals surface area contributed by atoms with Crippen LogP contribution < -0.4 is 0 Å². The van der Waals surface area contributed by atoms with Crippen LogP contribution in [0.15, 0.2) is 4.52 Å². The zero-order valence-corrected chi connectivity index (χ0v) is 12.2. The molecule has 1 aromatic heterocycles. The lowest BCUT2D eigenvalue weighted by Crippen LogP contribution is -2.36. The maximum absolute atomic E-state index is 5.44. The first-order chi connectivity index (χ1) is 8.38. The first-order valence-corrected chi connectivity index (χ1v) is 6.96. The first kappa shape index (κ1) is 13.5. The summed E-state index contributed by atoms with van der Waals surface area (Å²) in [4.78, 5) is 7.01. The Kier molecular flexibility index (Phi) is 3.76. The fourth-order valence-electron chi connectivity index (χ4n) is 2.44. The zero-order chi connectivity index (χ0) is 13.3. The van der Waals surface area contributed by atoms with Crippen LogP contribution in [0.25, 0.3) is 0 Å². The van der Waals surface area contributed by atoms with E-state index in [1.54, 1.807) is 0 Å². The fourth-order valence-corrected chi connectivity index (χ4v) is 2.44. The highest BCUT2D eigenvalue weighted by molar-refractivity contribution is 5.02. The SMILES string of the molecule is C[C@@H]1CCCN([C@H](C)c2nc(C(C)(C)C)no2)C1. The lowest BCUT2D eigenvalue weighted by Gasteiger charge is -2.33. The van der Waals surface area contributed by atoms with E-state index in [0.29, 0.717) is 0 Å². The maximum atomic E-state index is 5.44. The van der Waals surface area contributed by atoms with Gasteiger partial charge in [-0.25, -0.2) is 0 Å². The highest BCUT2D eigenvalue weighted by atomic mass is 16.5. The predicted molar refractivity (Wildman–Crippen MR) is 71.4 cm³/mol. The van der Waals surface area contributed by atoms with Crippen molar-refractivity contribution in [3.05, 3.63) is 11.7 Å². The lowest BCUT2D eigenvalue weighted by atomic mass is 9.96. The van der Waals surface area contributed by atoms with Gasteiger partial charge in [-0.05, 0) is 32.2 Å². The van der Waals surface area contributed by atoms with E-state index in [-0.39, 0.29) is 11.5 Å². The lowest BCUT2D eigenvalue weighted by molar-refractivity contribution is 0.117. The molecule has 1 aliphatic rings. The molecule has 0 bridgehead atoms. The summed E-state index contributed by atoms with van der Waals surface area (Å²) < 4.78 is 5.44. The van der Waals surface area contributed by atoms with E-state index < -0.39 is 0 Å². The Bertz CT molecular complexity index is 394. The number of rotatable bonds is 2. The number of hydrogen-bond acceptors (Lipinski definition) is 4. The van der Waals surface area contributed by atoms with Gasteiger partial charge in [-0.3, -0.25) is 4.90 Å². The Morgan fingerprint density at radius 1 is 1.39 bits per heavy atom. The summed E-state index contributed by atoms with van der Waals surface area (Å²) in [6.07, 6.45) is 2.60. The minimum atomic E-state index is -0.0450. The van der Waals surface area contributed by atoms with Gasteiger partial charge in [-0.2, -0.15) is 4.98 Å². The van der Waals surface area contributed by atoms with Gasteiger partial charge in [0.1, 0.15) is 0 Å². The molecule has 1 aromatic rings. The number of piperidine rings is 1. The highest BCUT2D eigenvalue weighted by Crippen LogP contribution is 2.27. The normalized spacial score (nSPS) is 24.2. The molecule has 0 aromatic carbocycles. The summed E-state index contributed by atoms with van der Waals surface area (Å²) in [5.41, 5.74) is -0.0450. The molecule has 2 rings (SSSR count). The van der Waals surface area contributed by atoms with E-state index in [1.165, 1.54) is 12.8 Å². The van der Waals surface area contributed by atoms with Crippen molar-refractivity contribution < 1.29 is 4.52 Å². The van der Waals surface area contributed by atoms with Crippen LogP contribution in [0.2, 0.25) is 0 Å². The van der Waals surface area contributed by atoms with E-state index in [4.69, 9.17) is 4.52 Å². The zero-order valence-electron chi connectivity index (χ0n) is 12.2. The van der Waals surface area contributed by atoms with Crippen molar-refractivity contribution in [2.24, 2.45) is 5.92 Å². The molecule has 18 heavy (non-hydrogen) atoms. The molecule has 0 radical (unpaired) electrons. The summed E-state index contributed by atoms with van der Waals surface area (Å²) in [5, 5.41) is 4.11. The van der Waals surface area contributed by atoms with Crippen LogP contribution in [0.4, 0.5) is 0 Å². The second kappa shape index (κ2) is 5.00. The Hall–Kier alpha value is -0.900. The minimum Gasteiger partial charge on any atom is -0.338 e. The minimum absolute atomic E-state index is 0.0450. The van der Waals surface area contributed by atoms with E-state index in [0.717, 1.165) is 30.7 Å². The molecular weight excluding hydrogens is 226 g/mol. The molecule has 0 unspecified atom stereocenters. The average Bonchev–Trinajstić information content (AvgIpc) is 2.77. The molecule has 0 N–H and O–H groups in total. The van der Waals surface area contributed by atoms with Crippen LogP contribution in [0.3, 0.4) is 0 Å². The van der Waals surface area contributed by atoms with Crippen molar-refractivity contribution in [1.82, 2.24) is 15.0 Å². The summed E-state index contributed by atoms with van der Waals surface area (Å²) in [5.74, 6) is 2.33. The van der Waals surface area contributed by atoms with Gasteiger partial charge in [0.05, 0.1) is 6.04 Å². The fraction of sp³-hybridized carbons (Fsp3) is 0.857. The van der Waals surface area contributed by atoms with Gasteiger partial charge in [-0.1, -0.05) is 32.9 Å². The summed E-state index contributed by atoms with van der Waals surface area (Å²) in [6.45, 7) is 13.1. The molecule has 1 aliphatic heterocycles. The standard InChI is InChI=1S/C14H25N3O/c1-10-7-6-8-17(9-10)11(2)12-15-13(16-18-12)14(3,4)5/h10-11H,6-9H2,1-5H3/t10-,11-/m1/s1. The van der Waals surface area contributed by atoms with Gasteiger partial charge in [0.2, 0.25) is 5.89 Å². The van der Waals surface area contributed by atoms with Gasteiger partial charge in [0.15, 0.2) is 5.82 Å². The molecule has 4 heteroatoms. The molecule has 0 saturated carbocycles. The quantitative estimate of drug-likeness (QED) is 0.809. The smallest absolute Gasteiger partial charge is 0.243 e. The first-order valence-electron chi connectivity index (χ1n) is 6.96. The molecule has 0 amide bonds. The largest absolute Gasteiger partial charge is 0.338 e. The van der Waals surface area contributed by atoms with E-state index in [9.17, 15) is 0 Å². The van der Waals surface area contributed by atoms with Gasteiger partial charge in [0, 0.05) is 12.0 Å². The maximum Gasteiger partial charge on any atom is 0.243 e. The van der Waals surface area contributed by atoms with Crippen molar-refractivity contribution in [2.45, 2.75) is 58.9 Å². The second-order valence-electron chi connectivity index (χ2n) is 6.62. The molecule has 102 valence electrons. The Labute approximate surface area is 110 Å². The van der Waals surface area contributed by atoms with E-state index in [1.807, 2.05) is 0 Å². The summed E-state index contributed by atoms with van der Waals surface area (Å²) in [6, 6.07) is 0.233. The molecule has 2 atom stereocenters. The third-order valence-corrected chi connectivity index (χ3v) is 3.71. The molecule has 0 spiro atoms. The number of aromatic nitrogens is 2. The van der Waals surface area contributed by atoms with Crippen molar-refractivity contribution in [3.63, 3.8) is 0 Å². The summed E-state index contributed by atoms with van der Waals surface area (Å²) >= 11 is 0. The number of nitrogens with zero attached hydrogens (tertiary/aromatic N) is 3. The monoisotopic (exact) mass is 251 g/mol. The van der Waals surface area contributed by atoms with Crippen molar-refractivity contribution in [2.75, 3.05) is 13.1 Å². The molecule has 1 fully saturated rings. The molecule has 1 saturated heterocycles. The number of hydrogen-bond donors (Lipinski definition) is 0.